The lowest BCUT2D eigenvalue weighted by atomic mass is 10.0. The smallest absolute Gasteiger partial charge is 0.344 e. The number of esters is 1. The Morgan fingerprint density at radius 3 is 2.41 bits per heavy atom. The molecule has 0 aliphatic carbocycles. The van der Waals surface area contributed by atoms with Gasteiger partial charge in [-0.05, 0) is 35.7 Å². The number of rotatable bonds is 9. The van der Waals surface area contributed by atoms with E-state index >= 15 is 0 Å². The van der Waals surface area contributed by atoms with Gasteiger partial charge in [-0.15, -0.1) is 0 Å². The van der Waals surface area contributed by atoms with E-state index in [0.717, 1.165) is 17.5 Å². The first-order valence-corrected chi connectivity index (χ1v) is 11.2. The fourth-order valence-electron chi connectivity index (χ4n) is 3.83. The Morgan fingerprint density at radius 1 is 0.882 bits per heavy atom. The van der Waals surface area contributed by atoms with Crippen LogP contribution in [-0.4, -0.2) is 37.5 Å². The van der Waals surface area contributed by atoms with Crippen molar-refractivity contribution in [1.29, 1.82) is 0 Å². The second-order valence-corrected chi connectivity index (χ2v) is 7.93. The minimum atomic E-state index is -0.646. The molecule has 0 spiro atoms. The molecule has 1 aliphatic rings. The molecule has 0 saturated carbocycles. The molecule has 0 atom stereocenters. The second kappa shape index (κ2) is 11.1. The van der Waals surface area contributed by atoms with Crippen LogP contribution in [0.5, 0.6) is 5.75 Å². The predicted molar refractivity (Wildman–Crippen MR) is 129 cm³/mol. The van der Waals surface area contributed by atoms with E-state index in [-0.39, 0.29) is 12.5 Å². The van der Waals surface area contributed by atoms with Gasteiger partial charge in [0.05, 0.1) is 11.4 Å². The Hall–Kier alpha value is -4.13. The Labute approximate surface area is 198 Å². The molecule has 0 bridgehead atoms. The number of ether oxygens (including phenoxy) is 2. The van der Waals surface area contributed by atoms with E-state index in [0.29, 0.717) is 36.5 Å². The molecule has 0 unspecified atom stereocenters. The fourth-order valence-corrected chi connectivity index (χ4v) is 3.83. The predicted octanol–water partition coefficient (Wildman–Crippen LogP) is 3.96. The molecule has 174 valence electrons. The van der Waals surface area contributed by atoms with E-state index in [2.05, 4.69) is 5.32 Å². The molecule has 1 fully saturated rings. The summed E-state index contributed by atoms with van der Waals surface area (Å²) in [6, 6.07) is 24.6. The number of nitrogens with zero attached hydrogens (tertiary/aromatic N) is 1. The molecule has 1 N–H and O–H groups in total. The lowest BCUT2D eigenvalue weighted by Crippen LogP contribution is -2.27. The van der Waals surface area contributed by atoms with E-state index in [1.165, 1.54) is 0 Å². The number of anilines is 2. The van der Waals surface area contributed by atoms with Gasteiger partial charge in [0.2, 0.25) is 5.91 Å². The summed E-state index contributed by atoms with van der Waals surface area (Å²) in [7, 11) is 0. The number of para-hydroxylation sites is 3. The third-order valence-corrected chi connectivity index (χ3v) is 5.46. The van der Waals surface area contributed by atoms with Crippen LogP contribution in [0.4, 0.5) is 11.4 Å². The van der Waals surface area contributed by atoms with Crippen LogP contribution in [0.2, 0.25) is 0 Å². The van der Waals surface area contributed by atoms with Crippen LogP contribution in [0.15, 0.2) is 78.9 Å². The number of carbonyl (C=O) groups is 3. The van der Waals surface area contributed by atoms with E-state index in [1.54, 1.807) is 29.2 Å². The molecule has 3 aromatic carbocycles. The molecule has 1 saturated heterocycles. The van der Waals surface area contributed by atoms with Gasteiger partial charge in [-0.25, -0.2) is 4.79 Å². The average molecular weight is 459 g/mol. The largest absolute Gasteiger partial charge is 0.482 e. The van der Waals surface area contributed by atoms with Gasteiger partial charge in [-0.3, -0.25) is 9.59 Å². The van der Waals surface area contributed by atoms with Gasteiger partial charge in [0.25, 0.3) is 5.91 Å². The standard InChI is InChI=1S/C27H26N2O5/c30-25(28-22-12-5-6-13-23(22)29-16-8-15-26(29)31)18-34-27(32)19-33-24-14-7-4-11-21(24)17-20-9-2-1-3-10-20/h1-7,9-14H,8,15-19H2,(H,28,30). The summed E-state index contributed by atoms with van der Waals surface area (Å²) in [6.07, 6.45) is 1.95. The van der Waals surface area contributed by atoms with Crippen molar-refractivity contribution in [1.82, 2.24) is 0 Å². The zero-order chi connectivity index (χ0) is 23.8. The molecular formula is C27H26N2O5. The highest BCUT2D eigenvalue weighted by Gasteiger charge is 2.24. The molecule has 34 heavy (non-hydrogen) atoms. The zero-order valence-corrected chi connectivity index (χ0v) is 18.7. The SMILES string of the molecule is O=C(COC(=O)COc1ccccc1Cc1ccccc1)Nc1ccccc1N1CCCC1=O. The number of hydrogen-bond donors (Lipinski definition) is 1. The quantitative estimate of drug-likeness (QED) is 0.491. The van der Waals surface area contributed by atoms with E-state index < -0.39 is 18.5 Å². The summed E-state index contributed by atoms with van der Waals surface area (Å²) in [4.78, 5) is 38.3. The number of amides is 2. The van der Waals surface area contributed by atoms with Gasteiger partial charge in [0, 0.05) is 19.4 Å². The highest BCUT2D eigenvalue weighted by molar-refractivity contribution is 6.02. The van der Waals surface area contributed by atoms with Crippen molar-refractivity contribution >= 4 is 29.2 Å². The Balaban J connectivity index is 1.28. The van der Waals surface area contributed by atoms with Gasteiger partial charge in [0.15, 0.2) is 13.2 Å². The van der Waals surface area contributed by atoms with E-state index in [4.69, 9.17) is 9.47 Å². The molecule has 0 radical (unpaired) electrons. The van der Waals surface area contributed by atoms with Crippen molar-refractivity contribution in [2.75, 3.05) is 30.0 Å². The number of nitrogens with one attached hydrogen (secondary N) is 1. The second-order valence-electron chi connectivity index (χ2n) is 7.93. The molecule has 7 nitrogen and oxygen atoms in total. The maximum Gasteiger partial charge on any atom is 0.344 e. The minimum absolute atomic E-state index is 0.0258. The van der Waals surface area contributed by atoms with Crippen molar-refractivity contribution in [2.24, 2.45) is 0 Å². The summed E-state index contributed by atoms with van der Waals surface area (Å²) in [6.45, 7) is -0.141. The maximum absolute atomic E-state index is 12.4. The first-order valence-electron chi connectivity index (χ1n) is 11.2. The normalized spacial score (nSPS) is 12.9. The van der Waals surface area contributed by atoms with Crippen molar-refractivity contribution in [2.45, 2.75) is 19.3 Å². The Kier molecular flexibility index (Phi) is 7.55. The lowest BCUT2D eigenvalue weighted by molar-refractivity contribution is -0.149. The summed E-state index contributed by atoms with van der Waals surface area (Å²) >= 11 is 0. The highest BCUT2D eigenvalue weighted by atomic mass is 16.6. The lowest BCUT2D eigenvalue weighted by Gasteiger charge is -2.20. The van der Waals surface area contributed by atoms with Crippen LogP contribution in [0, 0.1) is 0 Å². The summed E-state index contributed by atoms with van der Waals surface area (Å²) in [5.41, 5.74) is 3.23. The first-order chi connectivity index (χ1) is 16.6. The van der Waals surface area contributed by atoms with Crippen LogP contribution in [0.3, 0.4) is 0 Å². The first kappa shape index (κ1) is 23.0. The maximum atomic E-state index is 12.4. The van der Waals surface area contributed by atoms with E-state index in [1.807, 2.05) is 54.6 Å². The Morgan fingerprint density at radius 2 is 1.62 bits per heavy atom. The highest BCUT2D eigenvalue weighted by Crippen LogP contribution is 2.29. The topological polar surface area (TPSA) is 84.9 Å². The van der Waals surface area contributed by atoms with E-state index in [9.17, 15) is 14.4 Å². The third-order valence-electron chi connectivity index (χ3n) is 5.46. The molecule has 2 amide bonds. The van der Waals surface area contributed by atoms with Gasteiger partial charge in [0.1, 0.15) is 5.75 Å². The summed E-state index contributed by atoms with van der Waals surface area (Å²) in [5.74, 6) is -0.514. The van der Waals surface area contributed by atoms with Gasteiger partial charge in [-0.2, -0.15) is 0 Å². The van der Waals surface area contributed by atoms with Crippen LogP contribution >= 0.6 is 0 Å². The zero-order valence-electron chi connectivity index (χ0n) is 18.7. The number of carbonyl (C=O) groups excluding carboxylic acids is 3. The number of hydrogen-bond acceptors (Lipinski definition) is 5. The molecule has 3 aromatic rings. The molecule has 0 aromatic heterocycles. The van der Waals surface area contributed by atoms with Gasteiger partial charge < -0.3 is 19.7 Å². The monoisotopic (exact) mass is 458 g/mol. The summed E-state index contributed by atoms with van der Waals surface area (Å²) in [5, 5.41) is 2.72. The van der Waals surface area contributed by atoms with Crippen LogP contribution in [0.1, 0.15) is 24.0 Å². The van der Waals surface area contributed by atoms with Crippen LogP contribution < -0.4 is 15.0 Å². The molecule has 1 heterocycles. The molecule has 7 heteroatoms. The van der Waals surface area contributed by atoms with Crippen molar-refractivity contribution in [3.8, 4) is 5.75 Å². The molecule has 1 aliphatic heterocycles. The van der Waals surface area contributed by atoms with Crippen LogP contribution in [-0.2, 0) is 25.5 Å². The van der Waals surface area contributed by atoms with Crippen molar-refractivity contribution in [3.05, 3.63) is 90.0 Å². The van der Waals surface area contributed by atoms with Crippen LogP contribution in [0.25, 0.3) is 0 Å². The number of benzene rings is 3. The molecular weight excluding hydrogens is 432 g/mol. The van der Waals surface area contributed by atoms with Crippen molar-refractivity contribution in [3.63, 3.8) is 0 Å². The molecule has 4 rings (SSSR count). The summed E-state index contributed by atoms with van der Waals surface area (Å²) < 4.78 is 10.8. The van der Waals surface area contributed by atoms with Gasteiger partial charge in [-0.1, -0.05) is 60.7 Å². The van der Waals surface area contributed by atoms with Crippen molar-refractivity contribution < 1.29 is 23.9 Å². The minimum Gasteiger partial charge on any atom is -0.482 e. The van der Waals surface area contributed by atoms with Gasteiger partial charge >= 0.3 is 5.97 Å². The Bertz CT molecular complexity index is 1160. The fraction of sp³-hybridized carbons (Fsp3) is 0.222. The third kappa shape index (κ3) is 6.01. The average Bonchev–Trinajstić information content (AvgIpc) is 3.29.